The molecule has 32 heavy (non-hydrogen) atoms. The Labute approximate surface area is 194 Å². The quantitative estimate of drug-likeness (QED) is 0.529. The summed E-state index contributed by atoms with van der Waals surface area (Å²) in [6, 6.07) is 24.9. The SMILES string of the molecule is C[C@@H](CCc1ccccc1)NC(=O)C1CCN(c2ccc(Sc3ccccc3)nn2)CC1. The van der Waals surface area contributed by atoms with Crippen LogP contribution in [0.15, 0.2) is 82.7 Å². The second-order valence-electron chi connectivity index (χ2n) is 8.34. The summed E-state index contributed by atoms with van der Waals surface area (Å²) in [5.74, 6) is 1.15. The average molecular weight is 447 g/mol. The number of piperidine rings is 1. The first kappa shape index (κ1) is 22.3. The van der Waals surface area contributed by atoms with Gasteiger partial charge in [-0.15, -0.1) is 10.2 Å². The van der Waals surface area contributed by atoms with E-state index in [0.29, 0.717) is 0 Å². The molecule has 2 heterocycles. The van der Waals surface area contributed by atoms with Crippen LogP contribution in [0.25, 0.3) is 0 Å². The van der Waals surface area contributed by atoms with E-state index in [2.05, 4.69) is 63.7 Å². The van der Waals surface area contributed by atoms with Crippen LogP contribution < -0.4 is 10.2 Å². The van der Waals surface area contributed by atoms with Crippen molar-refractivity contribution in [2.24, 2.45) is 5.92 Å². The molecule has 0 aliphatic carbocycles. The molecule has 1 N–H and O–H groups in total. The van der Waals surface area contributed by atoms with Crippen molar-refractivity contribution in [2.75, 3.05) is 18.0 Å². The largest absolute Gasteiger partial charge is 0.355 e. The number of nitrogens with one attached hydrogen (secondary N) is 1. The molecule has 4 rings (SSSR count). The first-order valence-corrected chi connectivity index (χ1v) is 12.1. The predicted molar refractivity (Wildman–Crippen MR) is 130 cm³/mol. The van der Waals surface area contributed by atoms with E-state index >= 15 is 0 Å². The van der Waals surface area contributed by atoms with Crippen LogP contribution in [-0.4, -0.2) is 35.2 Å². The van der Waals surface area contributed by atoms with Crippen LogP contribution >= 0.6 is 11.8 Å². The summed E-state index contributed by atoms with van der Waals surface area (Å²) < 4.78 is 0. The maximum Gasteiger partial charge on any atom is 0.223 e. The molecule has 3 aromatic rings. The topological polar surface area (TPSA) is 58.1 Å². The van der Waals surface area contributed by atoms with E-state index in [0.717, 1.165) is 54.5 Å². The Morgan fingerprint density at radius 1 is 1.00 bits per heavy atom. The number of rotatable bonds is 8. The van der Waals surface area contributed by atoms with Crippen molar-refractivity contribution < 1.29 is 4.79 Å². The van der Waals surface area contributed by atoms with Gasteiger partial charge in [-0.3, -0.25) is 4.79 Å². The minimum atomic E-state index is 0.0753. The van der Waals surface area contributed by atoms with Crippen LogP contribution in [0.4, 0.5) is 5.82 Å². The van der Waals surface area contributed by atoms with E-state index in [1.54, 1.807) is 11.8 Å². The smallest absolute Gasteiger partial charge is 0.223 e. The van der Waals surface area contributed by atoms with Gasteiger partial charge in [0, 0.05) is 29.9 Å². The molecule has 0 bridgehead atoms. The van der Waals surface area contributed by atoms with Gasteiger partial charge in [0.05, 0.1) is 0 Å². The Bertz CT molecular complexity index is 974. The van der Waals surface area contributed by atoms with Gasteiger partial charge in [0.15, 0.2) is 5.82 Å². The predicted octanol–water partition coefficient (Wildman–Crippen LogP) is 4.98. The summed E-state index contributed by atoms with van der Waals surface area (Å²) in [6.45, 7) is 3.76. The summed E-state index contributed by atoms with van der Waals surface area (Å²) in [6.07, 6.45) is 3.63. The average Bonchev–Trinajstić information content (AvgIpc) is 2.85. The van der Waals surface area contributed by atoms with E-state index in [4.69, 9.17) is 0 Å². The number of aryl methyl sites for hydroxylation is 1. The maximum absolute atomic E-state index is 12.7. The Morgan fingerprint density at radius 3 is 2.34 bits per heavy atom. The van der Waals surface area contributed by atoms with Crippen molar-refractivity contribution in [1.29, 1.82) is 0 Å². The van der Waals surface area contributed by atoms with Gasteiger partial charge in [-0.1, -0.05) is 60.3 Å². The Kier molecular flexibility index (Phi) is 7.77. The van der Waals surface area contributed by atoms with Crippen LogP contribution in [0.5, 0.6) is 0 Å². The molecular formula is C26H30N4OS. The van der Waals surface area contributed by atoms with Crippen molar-refractivity contribution in [1.82, 2.24) is 15.5 Å². The lowest BCUT2D eigenvalue weighted by Crippen LogP contribution is -2.43. The van der Waals surface area contributed by atoms with Crippen molar-refractivity contribution >= 4 is 23.5 Å². The summed E-state index contributed by atoms with van der Waals surface area (Å²) in [5, 5.41) is 12.9. The third-order valence-corrected chi connectivity index (χ3v) is 6.81. The fraction of sp³-hybridized carbons (Fsp3) is 0.346. The molecule has 1 amide bonds. The minimum Gasteiger partial charge on any atom is -0.355 e. The van der Waals surface area contributed by atoms with Gasteiger partial charge in [0.2, 0.25) is 5.91 Å². The van der Waals surface area contributed by atoms with Gasteiger partial charge in [-0.05, 0) is 62.4 Å². The maximum atomic E-state index is 12.7. The Morgan fingerprint density at radius 2 is 1.69 bits per heavy atom. The molecule has 1 saturated heterocycles. The summed E-state index contributed by atoms with van der Waals surface area (Å²) in [4.78, 5) is 16.1. The van der Waals surface area contributed by atoms with Gasteiger partial charge >= 0.3 is 0 Å². The number of hydrogen-bond acceptors (Lipinski definition) is 5. The summed E-state index contributed by atoms with van der Waals surface area (Å²) >= 11 is 1.61. The second-order valence-corrected chi connectivity index (χ2v) is 9.43. The third kappa shape index (κ3) is 6.33. The van der Waals surface area contributed by atoms with Gasteiger partial charge in [0.25, 0.3) is 0 Å². The van der Waals surface area contributed by atoms with Crippen LogP contribution in [0, 0.1) is 5.92 Å². The molecule has 0 radical (unpaired) electrons. The molecule has 0 spiro atoms. The number of carbonyl (C=O) groups is 1. The van der Waals surface area contributed by atoms with Gasteiger partial charge in [-0.25, -0.2) is 0 Å². The molecule has 5 nitrogen and oxygen atoms in total. The number of carbonyl (C=O) groups excluding carboxylic acids is 1. The van der Waals surface area contributed by atoms with E-state index < -0.39 is 0 Å². The van der Waals surface area contributed by atoms with Crippen molar-refractivity contribution in [3.8, 4) is 0 Å². The fourth-order valence-electron chi connectivity index (χ4n) is 3.98. The minimum absolute atomic E-state index is 0.0753. The third-order valence-electron chi connectivity index (χ3n) is 5.88. The number of hydrogen-bond donors (Lipinski definition) is 1. The molecule has 1 aliphatic rings. The zero-order chi connectivity index (χ0) is 22.2. The molecule has 6 heteroatoms. The number of nitrogens with zero attached hydrogens (tertiary/aromatic N) is 3. The fourth-order valence-corrected chi connectivity index (χ4v) is 4.73. The molecular weight excluding hydrogens is 416 g/mol. The van der Waals surface area contributed by atoms with E-state index in [9.17, 15) is 4.79 Å². The highest BCUT2D eigenvalue weighted by Crippen LogP contribution is 2.27. The van der Waals surface area contributed by atoms with Crippen LogP contribution in [0.3, 0.4) is 0 Å². The van der Waals surface area contributed by atoms with E-state index in [1.807, 2.05) is 36.4 Å². The summed E-state index contributed by atoms with van der Waals surface area (Å²) in [7, 11) is 0. The monoisotopic (exact) mass is 446 g/mol. The van der Waals surface area contributed by atoms with Crippen LogP contribution in [-0.2, 0) is 11.2 Å². The Hall–Kier alpha value is -2.86. The summed E-state index contributed by atoms with van der Waals surface area (Å²) in [5.41, 5.74) is 1.32. The molecule has 166 valence electrons. The molecule has 1 atom stereocenters. The number of aromatic nitrogens is 2. The van der Waals surface area contributed by atoms with Gasteiger partial charge in [0.1, 0.15) is 5.03 Å². The van der Waals surface area contributed by atoms with Gasteiger partial charge in [-0.2, -0.15) is 0 Å². The van der Waals surface area contributed by atoms with Crippen molar-refractivity contribution in [3.63, 3.8) is 0 Å². The normalized spacial score (nSPS) is 15.3. The lowest BCUT2D eigenvalue weighted by atomic mass is 9.95. The van der Waals surface area contributed by atoms with Crippen molar-refractivity contribution in [3.05, 3.63) is 78.4 Å². The number of benzene rings is 2. The molecule has 0 unspecified atom stereocenters. The molecule has 1 aromatic heterocycles. The van der Waals surface area contributed by atoms with Crippen LogP contribution in [0.2, 0.25) is 0 Å². The standard InChI is InChI=1S/C26H30N4OS/c1-20(12-13-21-8-4-2-5-9-21)27-26(31)22-16-18-30(19-17-22)24-14-15-25(29-28-24)32-23-10-6-3-7-11-23/h2-11,14-15,20,22H,12-13,16-19H2,1H3,(H,27,31)/t20-/m0/s1. The second kappa shape index (κ2) is 11.1. The van der Waals surface area contributed by atoms with Crippen LogP contribution in [0.1, 0.15) is 31.7 Å². The first-order chi connectivity index (χ1) is 15.7. The molecule has 2 aromatic carbocycles. The number of anilines is 1. The zero-order valence-electron chi connectivity index (χ0n) is 18.5. The number of amides is 1. The first-order valence-electron chi connectivity index (χ1n) is 11.3. The zero-order valence-corrected chi connectivity index (χ0v) is 19.3. The van der Waals surface area contributed by atoms with Crippen molar-refractivity contribution in [2.45, 2.75) is 48.6 Å². The van der Waals surface area contributed by atoms with Gasteiger partial charge < -0.3 is 10.2 Å². The molecule has 1 aliphatic heterocycles. The van der Waals surface area contributed by atoms with E-state index in [1.165, 1.54) is 5.56 Å². The highest BCUT2D eigenvalue weighted by molar-refractivity contribution is 7.99. The lowest BCUT2D eigenvalue weighted by Gasteiger charge is -2.32. The highest BCUT2D eigenvalue weighted by atomic mass is 32.2. The van der Waals surface area contributed by atoms with E-state index in [-0.39, 0.29) is 17.9 Å². The lowest BCUT2D eigenvalue weighted by molar-refractivity contribution is -0.126. The Balaban J connectivity index is 1.21. The molecule has 0 saturated carbocycles. The molecule has 1 fully saturated rings. The highest BCUT2D eigenvalue weighted by Gasteiger charge is 2.26.